The van der Waals surface area contributed by atoms with Crippen molar-refractivity contribution in [1.29, 1.82) is 0 Å². The van der Waals surface area contributed by atoms with Crippen LogP contribution in [0.1, 0.15) is 5.56 Å². The fourth-order valence-electron chi connectivity index (χ4n) is 2.00. The van der Waals surface area contributed by atoms with E-state index in [1.807, 2.05) is 30.3 Å². The number of hydrogen-bond donors (Lipinski definition) is 1. The maximum atomic E-state index is 11.6. The summed E-state index contributed by atoms with van der Waals surface area (Å²) >= 11 is 0. The molecule has 1 N–H and O–H groups in total. The summed E-state index contributed by atoms with van der Waals surface area (Å²) in [6.45, 7) is -0.701. The minimum Gasteiger partial charge on any atom is -0.489 e. The van der Waals surface area contributed by atoms with Crippen LogP contribution in [0.5, 0.6) is 11.5 Å². The molecule has 0 aliphatic rings. The molecule has 8 nitrogen and oxygen atoms in total. The van der Waals surface area contributed by atoms with Crippen molar-refractivity contribution in [2.75, 3.05) is 26.9 Å². The summed E-state index contributed by atoms with van der Waals surface area (Å²) in [6.07, 6.45) is 0. The van der Waals surface area contributed by atoms with Crippen molar-refractivity contribution in [2.24, 2.45) is 0 Å². The van der Waals surface area contributed by atoms with Crippen LogP contribution < -0.4 is 14.8 Å². The predicted octanol–water partition coefficient (Wildman–Crippen LogP) is 1.48. The first kappa shape index (κ1) is 20.8. The second-order valence-corrected chi connectivity index (χ2v) is 5.55. The molecule has 1 amide bonds. The number of ether oxygens (including phenoxy) is 4. The summed E-state index contributed by atoms with van der Waals surface area (Å²) in [5.41, 5.74) is 1.06. The smallest absolute Gasteiger partial charge is 0.344 e. The van der Waals surface area contributed by atoms with Crippen LogP contribution in [0.4, 0.5) is 0 Å². The van der Waals surface area contributed by atoms with E-state index in [9.17, 15) is 14.4 Å². The van der Waals surface area contributed by atoms with Crippen molar-refractivity contribution in [3.05, 3.63) is 60.2 Å². The first-order valence-electron chi connectivity index (χ1n) is 8.45. The molecule has 0 bridgehead atoms. The molecular weight excluding hydrogens is 366 g/mol. The number of carbonyl (C=O) groups is 3. The summed E-state index contributed by atoms with van der Waals surface area (Å²) < 4.78 is 20.1. The van der Waals surface area contributed by atoms with Crippen LogP contribution in [0.25, 0.3) is 0 Å². The van der Waals surface area contributed by atoms with Crippen molar-refractivity contribution in [2.45, 2.75) is 6.61 Å². The fourth-order valence-corrected chi connectivity index (χ4v) is 2.00. The third kappa shape index (κ3) is 7.77. The maximum Gasteiger partial charge on any atom is 0.344 e. The van der Waals surface area contributed by atoms with Gasteiger partial charge in [-0.3, -0.25) is 9.59 Å². The molecule has 28 heavy (non-hydrogen) atoms. The van der Waals surface area contributed by atoms with Gasteiger partial charge in [0.05, 0.1) is 7.11 Å². The highest BCUT2D eigenvalue weighted by molar-refractivity contribution is 5.84. The molecule has 0 aromatic heterocycles. The van der Waals surface area contributed by atoms with Gasteiger partial charge >= 0.3 is 11.9 Å². The quantitative estimate of drug-likeness (QED) is 0.616. The van der Waals surface area contributed by atoms with E-state index in [4.69, 9.17) is 14.2 Å². The average molecular weight is 387 g/mol. The lowest BCUT2D eigenvalue weighted by atomic mass is 10.2. The summed E-state index contributed by atoms with van der Waals surface area (Å²) in [7, 11) is 1.20. The molecular formula is C20H21NO7. The van der Waals surface area contributed by atoms with E-state index >= 15 is 0 Å². The standard InChI is InChI=1S/C20H21NO7/c1-25-19(23)11-21-18(22)13-28-20(24)14-27-17-9-7-16(8-10-17)26-12-15-5-3-2-4-6-15/h2-10H,11-14H2,1H3,(H,21,22). The van der Waals surface area contributed by atoms with Crippen LogP contribution in [0, 0.1) is 0 Å². The molecule has 2 aromatic carbocycles. The zero-order valence-electron chi connectivity index (χ0n) is 15.4. The van der Waals surface area contributed by atoms with E-state index in [0.717, 1.165) is 5.56 Å². The van der Waals surface area contributed by atoms with Gasteiger partial charge in [0.1, 0.15) is 24.7 Å². The number of methoxy groups -OCH3 is 1. The minimum atomic E-state index is -0.711. The van der Waals surface area contributed by atoms with Gasteiger partial charge in [0.2, 0.25) is 0 Å². The monoisotopic (exact) mass is 387 g/mol. The molecule has 0 atom stereocenters. The Morgan fingerprint density at radius 3 is 2.11 bits per heavy atom. The number of amides is 1. The summed E-state index contributed by atoms with van der Waals surface area (Å²) in [4.78, 5) is 33.9. The van der Waals surface area contributed by atoms with Gasteiger partial charge in [-0.05, 0) is 29.8 Å². The Labute approximate surface area is 162 Å². The number of hydrogen-bond acceptors (Lipinski definition) is 7. The van der Waals surface area contributed by atoms with Crippen molar-refractivity contribution in [1.82, 2.24) is 5.32 Å². The van der Waals surface area contributed by atoms with Crippen molar-refractivity contribution >= 4 is 17.8 Å². The van der Waals surface area contributed by atoms with Crippen LogP contribution in [0.15, 0.2) is 54.6 Å². The van der Waals surface area contributed by atoms with Crippen LogP contribution in [0.2, 0.25) is 0 Å². The lowest BCUT2D eigenvalue weighted by Gasteiger charge is -2.09. The average Bonchev–Trinajstić information content (AvgIpc) is 2.74. The van der Waals surface area contributed by atoms with Gasteiger partial charge in [0.25, 0.3) is 5.91 Å². The van der Waals surface area contributed by atoms with E-state index in [-0.39, 0.29) is 13.2 Å². The maximum absolute atomic E-state index is 11.6. The topological polar surface area (TPSA) is 100 Å². The third-order valence-electron chi connectivity index (χ3n) is 3.45. The fraction of sp³-hybridized carbons (Fsp3) is 0.250. The SMILES string of the molecule is COC(=O)CNC(=O)COC(=O)COc1ccc(OCc2ccccc2)cc1. The highest BCUT2D eigenvalue weighted by atomic mass is 16.6. The third-order valence-corrected chi connectivity index (χ3v) is 3.45. The Morgan fingerprint density at radius 1 is 0.821 bits per heavy atom. The highest BCUT2D eigenvalue weighted by Gasteiger charge is 2.10. The van der Waals surface area contributed by atoms with Crippen LogP contribution in [0.3, 0.4) is 0 Å². The zero-order valence-corrected chi connectivity index (χ0v) is 15.4. The molecule has 8 heteroatoms. The number of carbonyl (C=O) groups excluding carboxylic acids is 3. The van der Waals surface area contributed by atoms with Gasteiger partial charge < -0.3 is 24.3 Å². The van der Waals surface area contributed by atoms with E-state index in [1.54, 1.807) is 24.3 Å². The number of rotatable bonds is 10. The van der Waals surface area contributed by atoms with Gasteiger partial charge in [0, 0.05) is 0 Å². The van der Waals surface area contributed by atoms with E-state index in [1.165, 1.54) is 7.11 Å². The number of nitrogens with one attached hydrogen (secondary N) is 1. The molecule has 0 aliphatic heterocycles. The van der Waals surface area contributed by atoms with Crippen molar-refractivity contribution in [3.8, 4) is 11.5 Å². The number of benzene rings is 2. The molecule has 0 heterocycles. The molecule has 0 aliphatic carbocycles. The Bertz CT molecular complexity index is 775. The first-order valence-corrected chi connectivity index (χ1v) is 8.45. The largest absolute Gasteiger partial charge is 0.489 e. The Kier molecular flexibility index (Phi) is 8.32. The van der Waals surface area contributed by atoms with Gasteiger partial charge in [-0.2, -0.15) is 0 Å². The Morgan fingerprint density at radius 2 is 1.46 bits per heavy atom. The lowest BCUT2D eigenvalue weighted by Crippen LogP contribution is -2.34. The Balaban J connectivity index is 1.66. The van der Waals surface area contributed by atoms with Gasteiger partial charge in [0.15, 0.2) is 13.2 Å². The molecule has 2 aromatic rings. The van der Waals surface area contributed by atoms with Crippen LogP contribution >= 0.6 is 0 Å². The molecule has 0 saturated carbocycles. The van der Waals surface area contributed by atoms with Crippen LogP contribution in [-0.4, -0.2) is 44.7 Å². The van der Waals surface area contributed by atoms with E-state index in [0.29, 0.717) is 18.1 Å². The van der Waals surface area contributed by atoms with Crippen LogP contribution in [-0.2, 0) is 30.5 Å². The number of esters is 2. The molecule has 2 rings (SSSR count). The Hall–Kier alpha value is -3.55. The normalized spacial score (nSPS) is 9.89. The highest BCUT2D eigenvalue weighted by Crippen LogP contribution is 2.18. The first-order chi connectivity index (χ1) is 13.6. The summed E-state index contributed by atoms with van der Waals surface area (Å²) in [6, 6.07) is 16.5. The summed E-state index contributed by atoms with van der Waals surface area (Å²) in [5.74, 6) is -0.796. The van der Waals surface area contributed by atoms with Gasteiger partial charge in [-0.15, -0.1) is 0 Å². The minimum absolute atomic E-state index is 0.290. The molecule has 148 valence electrons. The predicted molar refractivity (Wildman–Crippen MR) is 98.7 cm³/mol. The molecule has 0 fully saturated rings. The molecule has 0 unspecified atom stereocenters. The van der Waals surface area contributed by atoms with E-state index < -0.39 is 24.5 Å². The molecule has 0 radical (unpaired) electrons. The van der Waals surface area contributed by atoms with Crippen molar-refractivity contribution < 1.29 is 33.3 Å². The summed E-state index contributed by atoms with van der Waals surface area (Å²) in [5, 5.41) is 2.25. The second kappa shape index (κ2) is 11.2. The lowest BCUT2D eigenvalue weighted by molar-refractivity contribution is -0.150. The van der Waals surface area contributed by atoms with Crippen molar-refractivity contribution in [3.63, 3.8) is 0 Å². The zero-order chi connectivity index (χ0) is 20.2. The van der Waals surface area contributed by atoms with Gasteiger partial charge in [-0.1, -0.05) is 30.3 Å². The molecule has 0 saturated heterocycles. The van der Waals surface area contributed by atoms with Gasteiger partial charge in [-0.25, -0.2) is 4.79 Å². The second-order valence-electron chi connectivity index (χ2n) is 5.55. The van der Waals surface area contributed by atoms with E-state index in [2.05, 4.69) is 10.1 Å². The molecule has 0 spiro atoms.